The first-order valence-electron chi connectivity index (χ1n) is 6.49. The summed E-state index contributed by atoms with van der Waals surface area (Å²) in [6.45, 7) is 3.66. The number of benzene rings is 1. The Balaban J connectivity index is 2.14. The van der Waals surface area contributed by atoms with E-state index < -0.39 is 22.2 Å². The Bertz CT molecular complexity index is 641. The molecule has 1 aromatic carbocycles. The lowest BCUT2D eigenvalue weighted by Crippen LogP contribution is -2.35. The summed E-state index contributed by atoms with van der Waals surface area (Å²) >= 11 is 11.8. The zero-order chi connectivity index (χ0) is 15.8. The van der Waals surface area contributed by atoms with Gasteiger partial charge in [0, 0.05) is 16.6 Å². The number of nitrogens with zero attached hydrogens (tertiary/aromatic N) is 1. The molecular weight excluding hydrogens is 335 g/mol. The Kier molecular flexibility index (Phi) is 4.82. The molecule has 0 saturated carbocycles. The zero-order valence-corrected chi connectivity index (χ0v) is 14.0. The van der Waals surface area contributed by atoms with E-state index in [1.54, 1.807) is 32.0 Å². The second kappa shape index (κ2) is 6.12. The van der Waals surface area contributed by atoms with Crippen molar-refractivity contribution in [3.63, 3.8) is 0 Å². The summed E-state index contributed by atoms with van der Waals surface area (Å²) in [5, 5.41) is 0.956. The van der Waals surface area contributed by atoms with Crippen LogP contribution in [0.4, 0.5) is 0 Å². The summed E-state index contributed by atoms with van der Waals surface area (Å²) in [5.74, 6) is -0.518. The molecule has 0 aliphatic carbocycles. The van der Waals surface area contributed by atoms with Crippen LogP contribution in [0.2, 0.25) is 10.0 Å². The maximum atomic E-state index is 12.1. The molecule has 1 fully saturated rings. The molecule has 0 bridgehead atoms. The third kappa shape index (κ3) is 3.69. The summed E-state index contributed by atoms with van der Waals surface area (Å²) in [4.78, 5) is 12.1. The molecule has 116 valence electrons. The third-order valence-corrected chi connectivity index (χ3v) is 5.20. The molecule has 1 N–H and O–H groups in total. The zero-order valence-electron chi connectivity index (χ0n) is 11.6. The number of halogens is 2. The van der Waals surface area contributed by atoms with Gasteiger partial charge in [-0.3, -0.25) is 4.79 Å². The molecule has 0 aromatic heterocycles. The van der Waals surface area contributed by atoms with Crippen LogP contribution >= 0.6 is 23.2 Å². The molecule has 1 heterocycles. The molecule has 8 heteroatoms. The summed E-state index contributed by atoms with van der Waals surface area (Å²) in [6, 6.07) is 4.31. The van der Waals surface area contributed by atoms with Crippen molar-refractivity contribution in [3.8, 4) is 0 Å². The summed E-state index contributed by atoms with van der Waals surface area (Å²) in [6.07, 6.45) is 0.359. The molecule has 0 spiro atoms. The van der Waals surface area contributed by atoms with Gasteiger partial charge in [-0.15, -0.1) is 0 Å². The fourth-order valence-corrected chi connectivity index (χ4v) is 4.26. The molecule has 1 aromatic rings. The Morgan fingerprint density at radius 1 is 1.24 bits per heavy atom. The largest absolute Gasteiger partial charge is 0.304 e. The molecule has 0 unspecified atom stereocenters. The lowest BCUT2D eigenvalue weighted by atomic mass is 10.0. The summed E-state index contributed by atoms with van der Waals surface area (Å²) < 4.78 is 27.2. The van der Waals surface area contributed by atoms with E-state index in [2.05, 4.69) is 4.72 Å². The highest BCUT2D eigenvalue weighted by Crippen LogP contribution is 2.22. The van der Waals surface area contributed by atoms with Gasteiger partial charge in [-0.05, 0) is 36.1 Å². The van der Waals surface area contributed by atoms with Gasteiger partial charge in [0.15, 0.2) is 0 Å². The van der Waals surface area contributed by atoms with Crippen molar-refractivity contribution in [2.24, 2.45) is 5.92 Å². The van der Waals surface area contributed by atoms with Crippen LogP contribution in [0.25, 0.3) is 0 Å². The third-order valence-electron chi connectivity index (χ3n) is 3.27. The van der Waals surface area contributed by atoms with Gasteiger partial charge in [-0.1, -0.05) is 37.0 Å². The molecule has 1 aliphatic heterocycles. The average Bonchev–Trinajstić information content (AvgIpc) is 2.56. The Labute approximate surface area is 134 Å². The Hall–Kier alpha value is -0.820. The van der Waals surface area contributed by atoms with E-state index in [0.29, 0.717) is 16.5 Å². The predicted octanol–water partition coefficient (Wildman–Crippen LogP) is 2.24. The molecular formula is C13H16Cl2N2O3S. The van der Waals surface area contributed by atoms with Crippen molar-refractivity contribution in [2.45, 2.75) is 26.3 Å². The SMILES string of the molecule is CC(C)[C@@H]1NS(=O)(=O)N(CCc2cc(Cl)cc(Cl)c2)C1=O. The van der Waals surface area contributed by atoms with Crippen LogP contribution in [0.1, 0.15) is 19.4 Å². The number of hydrogen-bond donors (Lipinski definition) is 1. The van der Waals surface area contributed by atoms with Crippen LogP contribution in [-0.4, -0.2) is 31.2 Å². The highest BCUT2D eigenvalue weighted by molar-refractivity contribution is 7.88. The number of rotatable bonds is 4. The highest BCUT2D eigenvalue weighted by atomic mass is 35.5. The lowest BCUT2D eigenvalue weighted by Gasteiger charge is -2.15. The van der Waals surface area contributed by atoms with Gasteiger partial charge in [0.05, 0.1) is 0 Å². The number of carbonyl (C=O) groups is 1. The van der Waals surface area contributed by atoms with Gasteiger partial charge in [0.25, 0.3) is 5.91 Å². The maximum Gasteiger partial charge on any atom is 0.304 e. The molecule has 2 rings (SSSR count). The van der Waals surface area contributed by atoms with Crippen molar-refractivity contribution in [3.05, 3.63) is 33.8 Å². The number of amides is 1. The minimum absolute atomic E-state index is 0.0635. The molecule has 1 atom stereocenters. The standard InChI is InChI=1S/C13H16Cl2N2O3S/c1-8(2)12-13(18)17(21(19,20)16-12)4-3-9-5-10(14)7-11(15)6-9/h5-8,12,16H,3-4H2,1-2H3/t12-/m0/s1. The molecule has 0 radical (unpaired) electrons. The lowest BCUT2D eigenvalue weighted by molar-refractivity contribution is -0.127. The van der Waals surface area contributed by atoms with Crippen LogP contribution in [0.5, 0.6) is 0 Å². The normalized spacial score (nSPS) is 21.3. The molecule has 5 nitrogen and oxygen atoms in total. The van der Waals surface area contributed by atoms with Crippen molar-refractivity contribution in [2.75, 3.05) is 6.54 Å². The minimum atomic E-state index is -3.75. The van der Waals surface area contributed by atoms with E-state index in [-0.39, 0.29) is 12.5 Å². The first kappa shape index (κ1) is 16.5. The van der Waals surface area contributed by atoms with Crippen LogP contribution in [0.3, 0.4) is 0 Å². The predicted molar refractivity (Wildman–Crippen MR) is 82.6 cm³/mol. The quantitative estimate of drug-likeness (QED) is 0.905. The van der Waals surface area contributed by atoms with E-state index in [4.69, 9.17) is 23.2 Å². The van der Waals surface area contributed by atoms with Crippen molar-refractivity contribution in [1.82, 2.24) is 9.03 Å². The fourth-order valence-electron chi connectivity index (χ4n) is 2.19. The number of carbonyl (C=O) groups excluding carboxylic acids is 1. The molecule has 1 saturated heterocycles. The van der Waals surface area contributed by atoms with Crippen molar-refractivity contribution < 1.29 is 13.2 Å². The van der Waals surface area contributed by atoms with E-state index in [1.807, 2.05) is 0 Å². The monoisotopic (exact) mass is 350 g/mol. The summed E-state index contributed by atoms with van der Waals surface area (Å²) in [5.41, 5.74) is 0.781. The van der Waals surface area contributed by atoms with Crippen molar-refractivity contribution >= 4 is 39.3 Å². The van der Waals surface area contributed by atoms with Crippen LogP contribution in [0.15, 0.2) is 18.2 Å². The van der Waals surface area contributed by atoms with E-state index in [0.717, 1.165) is 9.87 Å². The van der Waals surface area contributed by atoms with Gasteiger partial charge in [-0.25, -0.2) is 4.31 Å². The molecule has 1 amide bonds. The maximum absolute atomic E-state index is 12.1. The second-order valence-electron chi connectivity index (χ2n) is 5.28. The molecule has 1 aliphatic rings. The number of nitrogens with one attached hydrogen (secondary N) is 1. The molecule has 21 heavy (non-hydrogen) atoms. The summed E-state index contributed by atoms with van der Waals surface area (Å²) in [7, 11) is -3.75. The van der Waals surface area contributed by atoms with Crippen LogP contribution < -0.4 is 4.72 Å². The fraction of sp³-hybridized carbons (Fsp3) is 0.462. The van der Waals surface area contributed by atoms with Gasteiger partial charge in [0.1, 0.15) is 6.04 Å². The second-order valence-corrected chi connectivity index (χ2v) is 7.78. The van der Waals surface area contributed by atoms with E-state index in [1.165, 1.54) is 0 Å². The first-order chi connectivity index (χ1) is 9.70. The van der Waals surface area contributed by atoms with Gasteiger partial charge >= 0.3 is 10.2 Å². The van der Waals surface area contributed by atoms with Gasteiger partial charge in [-0.2, -0.15) is 13.1 Å². The highest BCUT2D eigenvalue weighted by Gasteiger charge is 2.43. The smallest absolute Gasteiger partial charge is 0.272 e. The van der Waals surface area contributed by atoms with Crippen LogP contribution in [-0.2, 0) is 21.4 Å². The van der Waals surface area contributed by atoms with Crippen LogP contribution in [0, 0.1) is 5.92 Å². The Morgan fingerprint density at radius 2 is 1.81 bits per heavy atom. The average molecular weight is 351 g/mol. The van der Waals surface area contributed by atoms with E-state index in [9.17, 15) is 13.2 Å². The van der Waals surface area contributed by atoms with Gasteiger partial charge in [0.2, 0.25) is 0 Å². The van der Waals surface area contributed by atoms with E-state index >= 15 is 0 Å². The minimum Gasteiger partial charge on any atom is -0.272 e. The Morgan fingerprint density at radius 3 is 2.29 bits per heavy atom. The van der Waals surface area contributed by atoms with Crippen molar-refractivity contribution in [1.29, 1.82) is 0 Å². The first-order valence-corrected chi connectivity index (χ1v) is 8.69. The van der Waals surface area contributed by atoms with Gasteiger partial charge < -0.3 is 0 Å². The topological polar surface area (TPSA) is 66.5 Å². The number of hydrogen-bond acceptors (Lipinski definition) is 3.